The highest BCUT2D eigenvalue weighted by Gasteiger charge is 2.21. The van der Waals surface area contributed by atoms with E-state index in [9.17, 15) is 36.2 Å². The Morgan fingerprint density at radius 2 is 1.50 bits per heavy atom. The molecule has 0 saturated carbocycles. The Hall–Kier alpha value is -3.55. The second-order valence-corrected chi connectivity index (χ2v) is 10.0. The second-order valence-electron chi connectivity index (χ2n) is 8.28. The summed E-state index contributed by atoms with van der Waals surface area (Å²) in [7, 11) is -3.69. The van der Waals surface area contributed by atoms with Gasteiger partial charge >= 0.3 is 13.2 Å². The zero-order valence-corrected chi connectivity index (χ0v) is 20.8. The Morgan fingerprint density at radius 1 is 0.868 bits per heavy atom. The number of phenols is 1. The molecular weight excluding hydrogens is 532 g/mol. The standard InChI is InChI=1S/C25H26F4N2O6S/c1-38(34,35)31-19-12-17(7-9-20(19)32)21(33)14-30-18(11-15-5-3-2-4-6-15)16-8-10-22(36-24(26)27)23(13-16)37-25(28)29/h2-10,12-13,18,21,24-25,30-33H,11,14H2,1H3/t18-,21+/m1/s1. The molecule has 0 radical (unpaired) electrons. The molecule has 3 rings (SSSR count). The largest absolute Gasteiger partial charge is 0.506 e. The highest BCUT2D eigenvalue weighted by Crippen LogP contribution is 2.34. The number of nitrogens with one attached hydrogen (secondary N) is 2. The minimum atomic E-state index is -3.69. The Labute approximate surface area is 216 Å². The maximum Gasteiger partial charge on any atom is 0.387 e. The summed E-state index contributed by atoms with van der Waals surface area (Å²) in [5.41, 5.74) is 1.41. The van der Waals surface area contributed by atoms with Gasteiger partial charge in [-0.3, -0.25) is 4.72 Å². The van der Waals surface area contributed by atoms with Crippen molar-refractivity contribution in [3.8, 4) is 17.2 Å². The van der Waals surface area contributed by atoms with Gasteiger partial charge < -0.3 is 25.0 Å². The molecule has 0 aromatic heterocycles. The van der Waals surface area contributed by atoms with Crippen LogP contribution in [-0.2, 0) is 16.4 Å². The van der Waals surface area contributed by atoms with E-state index in [2.05, 4.69) is 19.5 Å². The van der Waals surface area contributed by atoms with E-state index in [-0.39, 0.29) is 23.5 Å². The molecule has 8 nitrogen and oxygen atoms in total. The molecular formula is C25H26F4N2O6S. The number of sulfonamides is 1. The molecule has 0 unspecified atom stereocenters. The number of ether oxygens (including phenoxy) is 2. The van der Waals surface area contributed by atoms with Crippen molar-refractivity contribution in [3.63, 3.8) is 0 Å². The minimum Gasteiger partial charge on any atom is -0.506 e. The van der Waals surface area contributed by atoms with E-state index < -0.39 is 46.9 Å². The third-order valence-electron chi connectivity index (χ3n) is 5.34. The number of halogens is 4. The summed E-state index contributed by atoms with van der Waals surface area (Å²) in [6.45, 7) is -6.61. The van der Waals surface area contributed by atoms with Crippen molar-refractivity contribution < 1.29 is 45.7 Å². The van der Waals surface area contributed by atoms with Crippen molar-refractivity contribution in [1.29, 1.82) is 0 Å². The van der Waals surface area contributed by atoms with Crippen LogP contribution in [0.3, 0.4) is 0 Å². The summed E-state index contributed by atoms with van der Waals surface area (Å²) in [5.74, 6) is -1.47. The first-order valence-corrected chi connectivity index (χ1v) is 13.1. The first-order valence-electron chi connectivity index (χ1n) is 11.2. The van der Waals surface area contributed by atoms with Crippen LogP contribution in [0.1, 0.15) is 28.8 Å². The Bertz CT molecular complexity index is 1310. The smallest absolute Gasteiger partial charge is 0.387 e. The molecule has 0 heterocycles. The van der Waals surface area contributed by atoms with Gasteiger partial charge in [-0.2, -0.15) is 17.6 Å². The van der Waals surface area contributed by atoms with Crippen LogP contribution in [-0.4, -0.2) is 44.7 Å². The molecule has 3 aromatic rings. The van der Waals surface area contributed by atoms with E-state index in [1.807, 2.05) is 18.2 Å². The average molecular weight is 559 g/mol. The summed E-state index contributed by atoms with van der Waals surface area (Å²) in [4.78, 5) is 0. The topological polar surface area (TPSA) is 117 Å². The van der Waals surface area contributed by atoms with Gasteiger partial charge in [0.2, 0.25) is 10.0 Å². The monoisotopic (exact) mass is 558 g/mol. The van der Waals surface area contributed by atoms with Crippen molar-refractivity contribution in [2.75, 3.05) is 17.5 Å². The molecule has 3 aromatic carbocycles. The number of phenolic OH excluding ortho intramolecular Hbond substituents is 1. The summed E-state index contributed by atoms with van der Waals surface area (Å²) in [5, 5.41) is 23.8. The molecule has 0 bridgehead atoms. The van der Waals surface area contributed by atoms with E-state index >= 15 is 0 Å². The van der Waals surface area contributed by atoms with E-state index in [4.69, 9.17) is 0 Å². The maximum absolute atomic E-state index is 12.9. The lowest BCUT2D eigenvalue weighted by Gasteiger charge is -2.23. The number of anilines is 1. The lowest BCUT2D eigenvalue weighted by atomic mass is 9.97. The number of hydrogen-bond donors (Lipinski definition) is 4. The third-order valence-corrected chi connectivity index (χ3v) is 5.93. The van der Waals surface area contributed by atoms with Gasteiger partial charge in [0, 0.05) is 12.6 Å². The molecule has 0 amide bonds. The van der Waals surface area contributed by atoms with E-state index in [0.29, 0.717) is 12.0 Å². The lowest BCUT2D eigenvalue weighted by molar-refractivity contribution is -0.0692. The molecule has 0 aliphatic rings. The molecule has 206 valence electrons. The van der Waals surface area contributed by atoms with Crippen LogP contribution >= 0.6 is 0 Å². The number of benzene rings is 3. The predicted molar refractivity (Wildman–Crippen MR) is 132 cm³/mol. The third kappa shape index (κ3) is 8.78. The first-order chi connectivity index (χ1) is 17.9. The van der Waals surface area contributed by atoms with Gasteiger partial charge in [0.05, 0.1) is 18.0 Å². The van der Waals surface area contributed by atoms with Crippen LogP contribution in [0.25, 0.3) is 0 Å². The Morgan fingerprint density at radius 3 is 2.13 bits per heavy atom. The van der Waals surface area contributed by atoms with Gasteiger partial charge in [-0.15, -0.1) is 0 Å². The Balaban J connectivity index is 1.87. The van der Waals surface area contributed by atoms with Crippen LogP contribution in [0.2, 0.25) is 0 Å². The number of aliphatic hydroxyl groups is 1. The maximum atomic E-state index is 12.9. The minimum absolute atomic E-state index is 0.0824. The fourth-order valence-corrected chi connectivity index (χ4v) is 4.26. The molecule has 0 saturated heterocycles. The zero-order chi connectivity index (χ0) is 27.9. The second kappa shape index (κ2) is 12.8. The molecule has 38 heavy (non-hydrogen) atoms. The highest BCUT2D eigenvalue weighted by atomic mass is 32.2. The van der Waals surface area contributed by atoms with Crippen LogP contribution < -0.4 is 19.5 Å². The summed E-state index contributed by atoms with van der Waals surface area (Å²) >= 11 is 0. The summed E-state index contributed by atoms with van der Waals surface area (Å²) in [6.07, 6.45) is 0.0643. The Kier molecular flexibility index (Phi) is 9.78. The first kappa shape index (κ1) is 29.0. The van der Waals surface area contributed by atoms with Gasteiger partial charge in [0.25, 0.3) is 0 Å². The van der Waals surface area contributed by atoms with Gasteiger partial charge in [-0.25, -0.2) is 8.42 Å². The van der Waals surface area contributed by atoms with E-state index in [1.165, 1.54) is 24.3 Å². The van der Waals surface area contributed by atoms with Gasteiger partial charge in [0.1, 0.15) is 5.75 Å². The van der Waals surface area contributed by atoms with E-state index in [0.717, 1.165) is 24.0 Å². The van der Waals surface area contributed by atoms with Crippen molar-refractivity contribution in [3.05, 3.63) is 83.4 Å². The van der Waals surface area contributed by atoms with Gasteiger partial charge in [0.15, 0.2) is 11.5 Å². The number of rotatable bonds is 13. The molecule has 0 spiro atoms. The fraction of sp³-hybridized carbons (Fsp3) is 0.280. The number of hydrogen-bond acceptors (Lipinski definition) is 7. The number of alkyl halides is 4. The van der Waals surface area contributed by atoms with Gasteiger partial charge in [-0.05, 0) is 47.4 Å². The van der Waals surface area contributed by atoms with Gasteiger partial charge in [-0.1, -0.05) is 42.5 Å². The molecule has 0 fully saturated rings. The number of aromatic hydroxyl groups is 1. The van der Waals surface area contributed by atoms with Crippen molar-refractivity contribution in [2.24, 2.45) is 0 Å². The number of aliphatic hydroxyl groups excluding tert-OH is 1. The van der Waals surface area contributed by atoms with Crippen LogP contribution in [0.4, 0.5) is 23.2 Å². The van der Waals surface area contributed by atoms with Crippen molar-refractivity contribution in [1.82, 2.24) is 5.32 Å². The average Bonchev–Trinajstić information content (AvgIpc) is 2.83. The molecule has 2 atom stereocenters. The van der Waals surface area contributed by atoms with Crippen LogP contribution in [0.15, 0.2) is 66.7 Å². The molecule has 13 heteroatoms. The SMILES string of the molecule is CS(=O)(=O)Nc1cc([C@@H](O)CN[C@H](Cc2ccccc2)c2ccc(OC(F)F)c(OC(F)F)c2)ccc1O. The quantitative estimate of drug-likeness (QED) is 0.179. The normalized spacial score (nSPS) is 13.4. The lowest BCUT2D eigenvalue weighted by Crippen LogP contribution is -2.28. The van der Waals surface area contributed by atoms with Crippen LogP contribution in [0.5, 0.6) is 17.2 Å². The van der Waals surface area contributed by atoms with Crippen molar-refractivity contribution in [2.45, 2.75) is 31.8 Å². The fourth-order valence-electron chi connectivity index (χ4n) is 3.69. The molecule has 4 N–H and O–H groups in total. The highest BCUT2D eigenvalue weighted by molar-refractivity contribution is 7.92. The summed E-state index contributed by atoms with van der Waals surface area (Å²) in [6, 6.07) is 16.1. The summed E-state index contributed by atoms with van der Waals surface area (Å²) < 4.78 is 85.3. The van der Waals surface area contributed by atoms with Crippen LogP contribution in [0, 0.1) is 0 Å². The van der Waals surface area contributed by atoms with E-state index in [1.54, 1.807) is 12.1 Å². The zero-order valence-electron chi connectivity index (χ0n) is 20.0. The molecule has 0 aliphatic heterocycles. The van der Waals surface area contributed by atoms with Crippen molar-refractivity contribution >= 4 is 15.7 Å². The predicted octanol–water partition coefficient (Wildman–Crippen LogP) is 4.57. The molecule has 0 aliphatic carbocycles.